The van der Waals surface area contributed by atoms with Gasteiger partial charge in [0.25, 0.3) is 0 Å². The Morgan fingerprint density at radius 3 is 2.72 bits per heavy atom. The van der Waals surface area contributed by atoms with Gasteiger partial charge in [-0.2, -0.15) is 0 Å². The van der Waals surface area contributed by atoms with E-state index in [0.717, 1.165) is 44.6 Å². The summed E-state index contributed by atoms with van der Waals surface area (Å²) in [7, 11) is 0. The second-order valence-corrected chi connectivity index (χ2v) is 4.64. The lowest BCUT2D eigenvalue weighted by Gasteiger charge is -2.15. The van der Waals surface area contributed by atoms with Crippen LogP contribution in [0.3, 0.4) is 0 Å². The lowest BCUT2D eigenvalue weighted by molar-refractivity contribution is -0.127. The predicted molar refractivity (Wildman–Crippen MR) is 68.5 cm³/mol. The number of likely N-dealkylation sites (tertiary alicyclic amines) is 1. The average Bonchev–Trinajstić information content (AvgIpc) is 2.77. The molecule has 0 aliphatic carbocycles. The van der Waals surface area contributed by atoms with Gasteiger partial charge in [-0.3, -0.25) is 4.79 Å². The van der Waals surface area contributed by atoms with Crippen molar-refractivity contribution in [1.29, 1.82) is 0 Å². The summed E-state index contributed by atoms with van der Waals surface area (Å²) in [6, 6.07) is 6.51. The highest BCUT2D eigenvalue weighted by atomic mass is 19.1. The average molecular weight is 250 g/mol. The molecule has 0 bridgehead atoms. The van der Waals surface area contributed by atoms with Gasteiger partial charge in [0.15, 0.2) is 0 Å². The summed E-state index contributed by atoms with van der Waals surface area (Å²) in [5.41, 5.74) is 1.08. The minimum Gasteiger partial charge on any atom is -0.343 e. The highest BCUT2D eigenvalue weighted by Gasteiger charge is 2.18. The number of amides is 1. The monoisotopic (exact) mass is 250 g/mol. The SMILES string of the molecule is O=C1CCCN1CCCNCc1ccc(F)cc1. The summed E-state index contributed by atoms with van der Waals surface area (Å²) < 4.78 is 12.7. The molecule has 4 heteroatoms. The van der Waals surface area contributed by atoms with Gasteiger partial charge in [-0.15, -0.1) is 0 Å². The third-order valence-corrected chi connectivity index (χ3v) is 3.20. The minimum atomic E-state index is -0.203. The Balaban J connectivity index is 1.58. The highest BCUT2D eigenvalue weighted by molar-refractivity contribution is 5.77. The molecule has 1 aliphatic rings. The van der Waals surface area contributed by atoms with E-state index in [0.29, 0.717) is 6.42 Å². The van der Waals surface area contributed by atoms with Crippen molar-refractivity contribution in [2.24, 2.45) is 0 Å². The minimum absolute atomic E-state index is 0.203. The van der Waals surface area contributed by atoms with Crippen LogP contribution in [0.1, 0.15) is 24.8 Å². The van der Waals surface area contributed by atoms with Crippen molar-refractivity contribution in [3.8, 4) is 0 Å². The zero-order valence-electron chi connectivity index (χ0n) is 10.5. The molecule has 18 heavy (non-hydrogen) atoms. The molecule has 0 radical (unpaired) electrons. The molecule has 1 amide bonds. The van der Waals surface area contributed by atoms with Gasteiger partial charge in [0, 0.05) is 26.1 Å². The molecule has 0 aromatic heterocycles. The maximum Gasteiger partial charge on any atom is 0.222 e. The van der Waals surface area contributed by atoms with Crippen molar-refractivity contribution in [3.63, 3.8) is 0 Å². The van der Waals surface area contributed by atoms with Crippen molar-refractivity contribution in [1.82, 2.24) is 10.2 Å². The highest BCUT2D eigenvalue weighted by Crippen LogP contribution is 2.09. The van der Waals surface area contributed by atoms with Crippen molar-refractivity contribution >= 4 is 5.91 Å². The molecule has 0 spiro atoms. The van der Waals surface area contributed by atoms with E-state index in [1.165, 1.54) is 12.1 Å². The fraction of sp³-hybridized carbons (Fsp3) is 0.500. The Hall–Kier alpha value is -1.42. The fourth-order valence-electron chi connectivity index (χ4n) is 2.17. The van der Waals surface area contributed by atoms with E-state index in [-0.39, 0.29) is 11.7 Å². The van der Waals surface area contributed by atoms with Crippen LogP contribution in [0.5, 0.6) is 0 Å². The van der Waals surface area contributed by atoms with Crippen LogP contribution < -0.4 is 5.32 Å². The lowest BCUT2D eigenvalue weighted by atomic mass is 10.2. The van der Waals surface area contributed by atoms with E-state index in [1.54, 1.807) is 12.1 Å². The molecule has 0 saturated carbocycles. The molecule has 0 unspecified atom stereocenters. The first kappa shape index (κ1) is 13.0. The zero-order chi connectivity index (χ0) is 12.8. The molecule has 1 aliphatic heterocycles. The summed E-state index contributed by atoms with van der Waals surface area (Å²) in [5.74, 6) is 0.0832. The largest absolute Gasteiger partial charge is 0.343 e. The summed E-state index contributed by atoms with van der Waals surface area (Å²) >= 11 is 0. The number of nitrogens with one attached hydrogen (secondary N) is 1. The third-order valence-electron chi connectivity index (χ3n) is 3.20. The van der Waals surface area contributed by atoms with E-state index in [2.05, 4.69) is 5.32 Å². The van der Waals surface area contributed by atoms with Gasteiger partial charge >= 0.3 is 0 Å². The zero-order valence-corrected chi connectivity index (χ0v) is 10.5. The summed E-state index contributed by atoms with van der Waals surface area (Å²) in [6.45, 7) is 3.38. The first-order chi connectivity index (χ1) is 8.75. The van der Waals surface area contributed by atoms with Crippen molar-refractivity contribution in [2.75, 3.05) is 19.6 Å². The van der Waals surface area contributed by atoms with E-state index < -0.39 is 0 Å². The van der Waals surface area contributed by atoms with Gasteiger partial charge in [-0.1, -0.05) is 12.1 Å². The Kier molecular flexibility index (Phi) is 4.70. The first-order valence-electron chi connectivity index (χ1n) is 6.48. The van der Waals surface area contributed by atoms with Gasteiger partial charge in [-0.25, -0.2) is 4.39 Å². The Labute approximate surface area is 107 Å². The Bertz CT molecular complexity index is 391. The molecular weight excluding hydrogens is 231 g/mol. The molecule has 1 fully saturated rings. The summed E-state index contributed by atoms with van der Waals surface area (Å²) in [4.78, 5) is 13.3. The smallest absolute Gasteiger partial charge is 0.222 e. The number of nitrogens with zero attached hydrogens (tertiary/aromatic N) is 1. The van der Waals surface area contributed by atoms with Gasteiger partial charge in [0.1, 0.15) is 5.82 Å². The van der Waals surface area contributed by atoms with Crippen LogP contribution in [0.2, 0.25) is 0 Å². The summed E-state index contributed by atoms with van der Waals surface area (Å²) in [5, 5.41) is 3.30. The molecule has 1 N–H and O–H groups in total. The Morgan fingerprint density at radius 1 is 1.28 bits per heavy atom. The van der Waals surface area contributed by atoms with Crippen LogP contribution in [-0.2, 0) is 11.3 Å². The number of hydrogen-bond donors (Lipinski definition) is 1. The van der Waals surface area contributed by atoms with Gasteiger partial charge in [0.05, 0.1) is 0 Å². The maximum absolute atomic E-state index is 12.7. The molecular formula is C14H19FN2O. The van der Waals surface area contributed by atoms with Gasteiger partial charge in [-0.05, 0) is 37.1 Å². The van der Waals surface area contributed by atoms with Crippen LogP contribution >= 0.6 is 0 Å². The third kappa shape index (κ3) is 3.81. The van der Waals surface area contributed by atoms with Gasteiger partial charge in [0.2, 0.25) is 5.91 Å². The van der Waals surface area contributed by atoms with E-state index >= 15 is 0 Å². The Morgan fingerprint density at radius 2 is 2.06 bits per heavy atom. The number of halogens is 1. The molecule has 3 nitrogen and oxygen atoms in total. The second kappa shape index (κ2) is 6.50. The second-order valence-electron chi connectivity index (χ2n) is 4.64. The summed E-state index contributed by atoms with van der Waals surface area (Å²) in [6.07, 6.45) is 2.68. The number of benzene rings is 1. The van der Waals surface area contributed by atoms with Crippen molar-refractivity contribution in [3.05, 3.63) is 35.6 Å². The number of hydrogen-bond acceptors (Lipinski definition) is 2. The van der Waals surface area contributed by atoms with Crippen LogP contribution in [0.25, 0.3) is 0 Å². The maximum atomic E-state index is 12.7. The van der Waals surface area contributed by atoms with Crippen LogP contribution in [0, 0.1) is 5.82 Å². The lowest BCUT2D eigenvalue weighted by Crippen LogP contribution is -2.28. The quantitative estimate of drug-likeness (QED) is 0.782. The topological polar surface area (TPSA) is 32.3 Å². The standard InChI is InChI=1S/C14H19FN2O/c15-13-6-4-12(5-7-13)11-16-8-2-10-17-9-1-3-14(17)18/h4-7,16H,1-3,8-11H2. The normalized spacial score (nSPS) is 15.4. The molecule has 0 atom stereocenters. The number of carbonyl (C=O) groups is 1. The van der Waals surface area contributed by atoms with Crippen LogP contribution in [0.4, 0.5) is 4.39 Å². The van der Waals surface area contributed by atoms with Crippen molar-refractivity contribution < 1.29 is 9.18 Å². The van der Waals surface area contributed by atoms with E-state index in [1.807, 2.05) is 4.90 Å². The molecule has 1 aromatic rings. The van der Waals surface area contributed by atoms with E-state index in [4.69, 9.17) is 0 Å². The van der Waals surface area contributed by atoms with Crippen LogP contribution in [-0.4, -0.2) is 30.4 Å². The number of rotatable bonds is 6. The predicted octanol–water partition coefficient (Wildman–Crippen LogP) is 1.93. The fourth-order valence-corrected chi connectivity index (χ4v) is 2.17. The molecule has 98 valence electrons. The van der Waals surface area contributed by atoms with Crippen molar-refractivity contribution in [2.45, 2.75) is 25.8 Å². The molecule has 2 rings (SSSR count). The van der Waals surface area contributed by atoms with Gasteiger partial charge < -0.3 is 10.2 Å². The van der Waals surface area contributed by atoms with E-state index in [9.17, 15) is 9.18 Å². The molecule has 1 heterocycles. The molecule has 1 saturated heterocycles. The molecule has 1 aromatic carbocycles. The number of carbonyl (C=O) groups excluding carboxylic acids is 1. The van der Waals surface area contributed by atoms with Crippen LogP contribution in [0.15, 0.2) is 24.3 Å². The first-order valence-corrected chi connectivity index (χ1v) is 6.48.